The molecule has 0 atom stereocenters. The lowest BCUT2D eigenvalue weighted by Crippen LogP contribution is -2.22. The Hall–Kier alpha value is -4.01. The molecule has 0 saturated carbocycles. The lowest BCUT2D eigenvalue weighted by atomic mass is 10.0. The van der Waals surface area contributed by atoms with Crippen LogP contribution in [0.5, 0.6) is 0 Å². The largest absolute Gasteiger partial charge is 0.361 e. The van der Waals surface area contributed by atoms with E-state index in [2.05, 4.69) is 39.3 Å². The van der Waals surface area contributed by atoms with Gasteiger partial charge in [0, 0.05) is 38.3 Å². The number of aryl methyl sites for hydroxylation is 2. The first-order valence-corrected chi connectivity index (χ1v) is 18.6. The number of fused-ring (bicyclic) bond motifs is 1. The summed E-state index contributed by atoms with van der Waals surface area (Å²) < 4.78 is 81.8. The molecule has 0 radical (unpaired) electrons. The topological polar surface area (TPSA) is 103 Å². The molecule has 0 aliphatic rings. The first kappa shape index (κ1) is 30.4. The zero-order valence-corrected chi connectivity index (χ0v) is 26.1. The molecule has 9 nitrogen and oxygen atoms in total. The molecule has 1 aromatic carbocycles. The van der Waals surface area contributed by atoms with Crippen LogP contribution >= 0.6 is 0 Å². The van der Waals surface area contributed by atoms with Gasteiger partial charge in [-0.3, -0.25) is 9.71 Å². The molecule has 0 unspecified atom stereocenters. The van der Waals surface area contributed by atoms with Gasteiger partial charge in [0.25, 0.3) is 10.0 Å². The highest BCUT2D eigenvalue weighted by atomic mass is 32.2. The fourth-order valence-corrected chi connectivity index (χ4v) is 6.55. The summed E-state index contributed by atoms with van der Waals surface area (Å²) in [5, 5.41) is 0. The highest BCUT2D eigenvalue weighted by Crippen LogP contribution is 2.33. The van der Waals surface area contributed by atoms with Crippen LogP contribution < -0.4 is 4.72 Å². The van der Waals surface area contributed by atoms with E-state index >= 15 is 8.78 Å². The standard InChI is InChI=1S/C29H31F3N6O3SSi/c1-18-13-34-29(38(18)17-41-10-11-43(3,4)5)28-24-9-6-20(15-37(24)16-35-28)26-22(31)7-8-23(27(26)32)36-42(39,40)25-12-21(30)14-33-19(25)2/h6-9,12-16,36H,10-11,17H2,1-5H3. The second kappa shape index (κ2) is 11.6. The van der Waals surface area contributed by atoms with Crippen LogP contribution in [0.2, 0.25) is 25.7 Å². The maximum absolute atomic E-state index is 15.7. The van der Waals surface area contributed by atoms with E-state index in [1.54, 1.807) is 16.7 Å². The van der Waals surface area contributed by atoms with Crippen LogP contribution in [0.1, 0.15) is 11.4 Å². The quantitative estimate of drug-likeness (QED) is 0.142. The minimum Gasteiger partial charge on any atom is -0.361 e. The number of ether oxygens (including phenoxy) is 1. The van der Waals surface area contributed by atoms with Crippen molar-refractivity contribution in [2.75, 3.05) is 11.3 Å². The Morgan fingerprint density at radius 2 is 1.77 bits per heavy atom. The number of pyridine rings is 2. The zero-order chi connectivity index (χ0) is 31.1. The summed E-state index contributed by atoms with van der Waals surface area (Å²) in [6, 6.07) is 6.92. The molecular weight excluding hydrogens is 598 g/mol. The van der Waals surface area contributed by atoms with Crippen LogP contribution in [0.3, 0.4) is 0 Å². The summed E-state index contributed by atoms with van der Waals surface area (Å²) in [5.74, 6) is -2.31. The minimum absolute atomic E-state index is 0.0203. The van der Waals surface area contributed by atoms with Gasteiger partial charge in [-0.15, -0.1) is 0 Å². The third kappa shape index (κ3) is 6.35. The van der Waals surface area contributed by atoms with Crippen molar-refractivity contribution in [1.29, 1.82) is 0 Å². The molecular formula is C29H31F3N6O3SSi. The van der Waals surface area contributed by atoms with Crippen molar-refractivity contribution < 1.29 is 26.3 Å². The molecule has 0 saturated heterocycles. The smallest absolute Gasteiger partial charge is 0.263 e. The van der Waals surface area contributed by atoms with E-state index in [9.17, 15) is 12.8 Å². The van der Waals surface area contributed by atoms with Crippen LogP contribution in [-0.2, 0) is 21.5 Å². The predicted molar refractivity (Wildman–Crippen MR) is 160 cm³/mol. The zero-order valence-electron chi connectivity index (χ0n) is 24.3. The van der Waals surface area contributed by atoms with E-state index in [-0.39, 0.29) is 11.3 Å². The summed E-state index contributed by atoms with van der Waals surface area (Å²) >= 11 is 0. The summed E-state index contributed by atoms with van der Waals surface area (Å²) in [6.07, 6.45) is 5.61. The highest BCUT2D eigenvalue weighted by molar-refractivity contribution is 7.92. The Bertz CT molecular complexity index is 1940. The van der Waals surface area contributed by atoms with E-state index < -0.39 is 51.7 Å². The second-order valence-electron chi connectivity index (χ2n) is 11.4. The number of benzene rings is 1. The van der Waals surface area contributed by atoms with E-state index in [4.69, 9.17) is 4.74 Å². The van der Waals surface area contributed by atoms with Gasteiger partial charge in [0.05, 0.1) is 28.7 Å². The number of hydrogen-bond acceptors (Lipinski definition) is 6. The van der Waals surface area contributed by atoms with Crippen molar-refractivity contribution >= 4 is 29.3 Å². The van der Waals surface area contributed by atoms with Crippen molar-refractivity contribution in [3.8, 4) is 22.6 Å². The molecule has 0 aliphatic carbocycles. The minimum atomic E-state index is -4.43. The number of rotatable bonds is 10. The summed E-state index contributed by atoms with van der Waals surface area (Å²) in [6.45, 7) is 11.1. The fourth-order valence-electron chi connectivity index (χ4n) is 4.52. The molecule has 5 aromatic rings. The van der Waals surface area contributed by atoms with Crippen molar-refractivity contribution in [2.45, 2.75) is 51.2 Å². The first-order valence-electron chi connectivity index (χ1n) is 13.5. The van der Waals surface area contributed by atoms with Crippen molar-refractivity contribution in [1.82, 2.24) is 23.9 Å². The van der Waals surface area contributed by atoms with Gasteiger partial charge in [0.2, 0.25) is 0 Å². The molecule has 4 aromatic heterocycles. The summed E-state index contributed by atoms with van der Waals surface area (Å²) in [7, 11) is -5.67. The lowest BCUT2D eigenvalue weighted by Gasteiger charge is -2.16. The molecule has 0 spiro atoms. The molecule has 0 fully saturated rings. The SMILES string of the molecule is Cc1ncc(F)cc1S(=O)(=O)Nc1ccc(F)c(-c2ccc3c(-c4ncc(C)n4COCC[Si](C)(C)C)ncn3c2)c1F. The van der Waals surface area contributed by atoms with E-state index in [0.29, 0.717) is 30.4 Å². The maximum atomic E-state index is 15.7. The number of anilines is 1. The van der Waals surface area contributed by atoms with Crippen molar-refractivity contribution in [2.24, 2.45) is 0 Å². The Kier molecular flexibility index (Phi) is 8.20. The van der Waals surface area contributed by atoms with E-state index in [0.717, 1.165) is 36.1 Å². The van der Waals surface area contributed by atoms with Crippen LogP contribution in [0.4, 0.5) is 18.9 Å². The molecule has 5 rings (SSSR count). The third-order valence-corrected chi connectivity index (χ3v) is 10.1. The van der Waals surface area contributed by atoms with Gasteiger partial charge >= 0.3 is 0 Å². The number of aromatic nitrogens is 5. The fraction of sp³-hybridized carbons (Fsp3) is 0.276. The van der Waals surface area contributed by atoms with Gasteiger partial charge in [-0.1, -0.05) is 25.7 Å². The molecule has 0 aliphatic heterocycles. The van der Waals surface area contributed by atoms with Crippen molar-refractivity contribution in [3.63, 3.8) is 0 Å². The van der Waals surface area contributed by atoms with Crippen LogP contribution in [0, 0.1) is 31.3 Å². The molecule has 0 bridgehead atoms. The van der Waals surface area contributed by atoms with Gasteiger partial charge < -0.3 is 13.7 Å². The Morgan fingerprint density at radius 3 is 2.51 bits per heavy atom. The third-order valence-electron chi connectivity index (χ3n) is 6.94. The molecule has 14 heteroatoms. The Morgan fingerprint density at radius 1 is 1.00 bits per heavy atom. The van der Waals surface area contributed by atoms with Gasteiger partial charge in [-0.05, 0) is 44.2 Å². The Labute approximate surface area is 248 Å². The van der Waals surface area contributed by atoms with E-state index in [1.165, 1.54) is 25.5 Å². The molecule has 226 valence electrons. The first-order chi connectivity index (χ1) is 20.2. The van der Waals surface area contributed by atoms with Gasteiger partial charge in [0.15, 0.2) is 11.6 Å². The number of sulfonamides is 1. The Balaban J connectivity index is 1.46. The van der Waals surface area contributed by atoms with Gasteiger partial charge in [-0.25, -0.2) is 31.6 Å². The monoisotopic (exact) mass is 628 g/mol. The van der Waals surface area contributed by atoms with E-state index in [1.807, 2.05) is 11.5 Å². The molecule has 1 N–H and O–H groups in total. The second-order valence-corrected chi connectivity index (χ2v) is 18.7. The van der Waals surface area contributed by atoms with Gasteiger partial charge in [0.1, 0.15) is 35.3 Å². The lowest BCUT2D eigenvalue weighted by molar-refractivity contribution is 0.0870. The van der Waals surface area contributed by atoms with Crippen LogP contribution in [0.15, 0.2) is 60.1 Å². The molecule has 0 amide bonds. The number of nitrogens with one attached hydrogen (secondary N) is 1. The molecule has 4 heterocycles. The predicted octanol–water partition coefficient (Wildman–Crippen LogP) is 6.41. The average molecular weight is 629 g/mol. The number of nitrogens with zero attached hydrogens (tertiary/aromatic N) is 5. The maximum Gasteiger partial charge on any atom is 0.263 e. The number of hydrogen-bond donors (Lipinski definition) is 1. The van der Waals surface area contributed by atoms with Crippen LogP contribution in [0.25, 0.3) is 28.2 Å². The summed E-state index contributed by atoms with van der Waals surface area (Å²) in [4.78, 5) is 12.3. The van der Waals surface area contributed by atoms with Crippen molar-refractivity contribution in [3.05, 3.63) is 84.1 Å². The number of halogens is 3. The highest BCUT2D eigenvalue weighted by Gasteiger charge is 2.24. The van der Waals surface area contributed by atoms with Crippen LogP contribution in [-0.4, -0.2) is 47.0 Å². The van der Waals surface area contributed by atoms with Gasteiger partial charge in [-0.2, -0.15) is 0 Å². The normalized spacial score (nSPS) is 12.3. The summed E-state index contributed by atoms with van der Waals surface area (Å²) in [5.41, 5.74) is 1.32. The number of imidazole rings is 2. The average Bonchev–Trinajstić information content (AvgIpc) is 3.51. The molecule has 43 heavy (non-hydrogen) atoms.